The fourth-order valence-corrected chi connectivity index (χ4v) is 8.97. The van der Waals surface area contributed by atoms with E-state index in [2.05, 4.69) is 49.6 Å². The topological polar surface area (TPSA) is 83.0 Å². The molecular formula is C28H45N3O3. The second kappa shape index (κ2) is 9.24. The molecule has 6 heteroatoms. The zero-order chi connectivity index (χ0) is 24.1. The van der Waals surface area contributed by atoms with Crippen molar-refractivity contribution in [1.82, 2.24) is 10.6 Å². The van der Waals surface area contributed by atoms with Gasteiger partial charge in [-0.05, 0) is 106 Å². The fraction of sp³-hybridized carbons (Fsp3) is 0.857. The zero-order valence-electron chi connectivity index (χ0n) is 21.6. The third kappa shape index (κ3) is 4.13. The van der Waals surface area contributed by atoms with Gasteiger partial charge in [0.25, 0.3) is 0 Å². The minimum absolute atomic E-state index is 0.238. The highest BCUT2D eigenvalue weighted by Crippen LogP contribution is 2.66. The predicted octanol–water partition coefficient (Wildman–Crippen LogP) is 5.03. The van der Waals surface area contributed by atoms with Crippen molar-refractivity contribution in [2.75, 3.05) is 13.1 Å². The number of hydrogen-bond donors (Lipinski definition) is 3. The molecule has 0 aromatic carbocycles. The Labute approximate surface area is 205 Å². The molecule has 4 aliphatic carbocycles. The van der Waals surface area contributed by atoms with Crippen LogP contribution >= 0.6 is 0 Å². The molecule has 1 heterocycles. The van der Waals surface area contributed by atoms with E-state index in [0.717, 1.165) is 62.1 Å². The average molecular weight is 472 g/mol. The molecule has 5 aliphatic rings. The second-order valence-electron chi connectivity index (χ2n) is 12.6. The summed E-state index contributed by atoms with van der Waals surface area (Å²) in [5, 5.41) is 20.9. The summed E-state index contributed by atoms with van der Waals surface area (Å²) >= 11 is 0. The number of hydrogen-bond acceptors (Lipinski definition) is 5. The molecule has 190 valence electrons. The molecule has 34 heavy (non-hydrogen) atoms. The number of aliphatic hydroxyl groups excluding tert-OH is 1. The van der Waals surface area contributed by atoms with Crippen LogP contribution in [0.5, 0.6) is 0 Å². The Hall–Kier alpha value is -1.40. The quantitative estimate of drug-likeness (QED) is 0.232. The van der Waals surface area contributed by atoms with Crippen LogP contribution in [0.4, 0.5) is 4.79 Å². The summed E-state index contributed by atoms with van der Waals surface area (Å²) in [5.74, 6) is 3.18. The fourth-order valence-electron chi connectivity index (χ4n) is 8.97. The minimum atomic E-state index is -0.442. The van der Waals surface area contributed by atoms with E-state index >= 15 is 0 Å². The molecular weight excluding hydrogens is 426 g/mol. The Morgan fingerprint density at radius 1 is 1.18 bits per heavy atom. The smallest absolute Gasteiger partial charge is 0.389 e. The molecule has 0 aromatic heterocycles. The number of oxime groups is 1. The van der Waals surface area contributed by atoms with Crippen LogP contribution in [0.25, 0.3) is 0 Å². The van der Waals surface area contributed by atoms with Crippen LogP contribution in [-0.4, -0.2) is 42.1 Å². The number of carbonyl (C=O) groups is 1. The van der Waals surface area contributed by atoms with E-state index in [-0.39, 0.29) is 16.9 Å². The Kier molecular flexibility index (Phi) is 6.60. The lowest BCUT2D eigenvalue weighted by molar-refractivity contribution is -0.0479. The van der Waals surface area contributed by atoms with Crippen LogP contribution in [0.3, 0.4) is 0 Å². The van der Waals surface area contributed by atoms with Crippen LogP contribution in [-0.2, 0) is 4.84 Å². The van der Waals surface area contributed by atoms with Crippen molar-refractivity contribution in [3.8, 4) is 0 Å². The SMILES string of the molecule is C/C(=N\OC(=O)NCC1NCCC1C)[C@H]1CC[C@H]2[C@@H]3CCC4=C[C@@H](O)CC[C@]4(C)[C@H]3CC[C@]12C. The first-order valence-corrected chi connectivity index (χ1v) is 13.8. The van der Waals surface area contributed by atoms with E-state index in [1.165, 1.54) is 31.3 Å². The van der Waals surface area contributed by atoms with Crippen molar-refractivity contribution in [3.63, 3.8) is 0 Å². The number of nitrogens with zero attached hydrogens (tertiary/aromatic N) is 1. The summed E-state index contributed by atoms with van der Waals surface area (Å²) in [5.41, 5.74) is 3.03. The number of fused-ring (bicyclic) bond motifs is 5. The van der Waals surface area contributed by atoms with Gasteiger partial charge in [-0.15, -0.1) is 0 Å². The first kappa shape index (κ1) is 24.3. The van der Waals surface area contributed by atoms with Crippen molar-refractivity contribution in [2.45, 2.75) is 97.6 Å². The number of rotatable bonds is 4. The first-order chi connectivity index (χ1) is 16.2. The van der Waals surface area contributed by atoms with Gasteiger partial charge in [-0.1, -0.05) is 37.6 Å². The van der Waals surface area contributed by atoms with Crippen molar-refractivity contribution in [1.29, 1.82) is 0 Å². The van der Waals surface area contributed by atoms with Crippen LogP contribution in [0.15, 0.2) is 16.8 Å². The molecule has 0 radical (unpaired) electrons. The normalized spacial score (nSPS) is 46.2. The molecule has 3 N–H and O–H groups in total. The number of allylic oxidation sites excluding steroid dienone is 1. The van der Waals surface area contributed by atoms with Crippen molar-refractivity contribution in [2.24, 2.45) is 45.6 Å². The average Bonchev–Trinajstić information content (AvgIpc) is 3.38. The number of nitrogens with one attached hydrogen (secondary N) is 2. The van der Waals surface area contributed by atoms with E-state index < -0.39 is 6.09 Å². The molecule has 1 saturated heterocycles. The van der Waals surface area contributed by atoms with Crippen LogP contribution in [0, 0.1) is 40.4 Å². The largest absolute Gasteiger partial charge is 0.433 e. The van der Waals surface area contributed by atoms with Crippen molar-refractivity contribution >= 4 is 11.8 Å². The minimum Gasteiger partial charge on any atom is -0.389 e. The predicted molar refractivity (Wildman–Crippen MR) is 134 cm³/mol. The Balaban J connectivity index is 1.22. The van der Waals surface area contributed by atoms with Crippen molar-refractivity contribution in [3.05, 3.63) is 11.6 Å². The highest BCUT2D eigenvalue weighted by atomic mass is 16.7. The van der Waals surface area contributed by atoms with Crippen LogP contribution in [0.2, 0.25) is 0 Å². The lowest BCUT2D eigenvalue weighted by atomic mass is 9.46. The monoisotopic (exact) mass is 471 g/mol. The van der Waals surface area contributed by atoms with Crippen molar-refractivity contribution < 1.29 is 14.7 Å². The molecule has 0 spiro atoms. The van der Waals surface area contributed by atoms with Gasteiger partial charge in [-0.2, -0.15) is 0 Å². The molecule has 6 nitrogen and oxygen atoms in total. The molecule has 5 rings (SSSR count). The molecule has 0 bridgehead atoms. The van der Waals surface area contributed by atoms with Gasteiger partial charge in [0, 0.05) is 18.5 Å². The maximum Gasteiger partial charge on any atom is 0.433 e. The lowest BCUT2D eigenvalue weighted by Crippen LogP contribution is -2.51. The summed E-state index contributed by atoms with van der Waals surface area (Å²) in [4.78, 5) is 17.6. The zero-order valence-corrected chi connectivity index (χ0v) is 21.6. The summed E-state index contributed by atoms with van der Waals surface area (Å²) in [6.45, 7) is 10.8. The maximum atomic E-state index is 12.3. The molecule has 1 aliphatic heterocycles. The summed E-state index contributed by atoms with van der Waals surface area (Å²) in [6, 6.07) is 0.322. The van der Waals surface area contributed by atoms with Gasteiger partial charge < -0.3 is 15.7 Å². The van der Waals surface area contributed by atoms with Gasteiger partial charge in [0.1, 0.15) is 0 Å². The number of carbonyl (C=O) groups excluding carboxylic acids is 1. The standard InChI is InChI=1S/C28H45N3O3/c1-17-11-14-29-25(17)16-30-26(33)34-31-18(2)22-7-8-23-21-6-5-19-15-20(32)9-12-27(19,3)24(21)10-13-28(22,23)4/h15,17,20-25,29,32H,5-14,16H2,1-4H3,(H,30,33)/b31-18+/t17?,20-,21-,22+,23-,24-,25?,27-,28+/m0/s1. The van der Waals surface area contributed by atoms with Gasteiger partial charge in [0.15, 0.2) is 0 Å². The molecule has 2 unspecified atom stereocenters. The van der Waals surface area contributed by atoms with E-state index in [9.17, 15) is 9.90 Å². The number of amides is 1. The highest BCUT2D eigenvalue weighted by molar-refractivity contribution is 5.85. The Morgan fingerprint density at radius 3 is 2.76 bits per heavy atom. The summed E-state index contributed by atoms with van der Waals surface area (Å²) in [7, 11) is 0. The molecule has 1 amide bonds. The lowest BCUT2D eigenvalue weighted by Gasteiger charge is -2.58. The maximum absolute atomic E-state index is 12.3. The van der Waals surface area contributed by atoms with E-state index in [1.54, 1.807) is 0 Å². The van der Waals surface area contributed by atoms with Gasteiger partial charge in [-0.25, -0.2) is 4.79 Å². The summed E-state index contributed by atoms with van der Waals surface area (Å²) < 4.78 is 0. The van der Waals surface area contributed by atoms with Crippen LogP contribution in [0.1, 0.15) is 85.5 Å². The molecule has 3 saturated carbocycles. The van der Waals surface area contributed by atoms with E-state index in [0.29, 0.717) is 24.4 Å². The summed E-state index contributed by atoms with van der Waals surface area (Å²) in [6.07, 6.45) is 12.0. The third-order valence-electron chi connectivity index (χ3n) is 11.0. The second-order valence-corrected chi connectivity index (χ2v) is 12.6. The Bertz CT molecular complexity index is 856. The first-order valence-electron chi connectivity index (χ1n) is 13.8. The Morgan fingerprint density at radius 2 is 2.00 bits per heavy atom. The van der Waals surface area contributed by atoms with E-state index in [1.807, 2.05) is 0 Å². The molecule has 9 atom stereocenters. The molecule has 0 aromatic rings. The highest BCUT2D eigenvalue weighted by Gasteiger charge is 2.59. The third-order valence-corrected chi connectivity index (χ3v) is 11.0. The van der Waals surface area contributed by atoms with Gasteiger partial charge in [0.2, 0.25) is 0 Å². The van der Waals surface area contributed by atoms with Gasteiger partial charge >= 0.3 is 6.09 Å². The van der Waals surface area contributed by atoms with Crippen LogP contribution < -0.4 is 10.6 Å². The van der Waals surface area contributed by atoms with Gasteiger partial charge in [0.05, 0.1) is 11.8 Å². The van der Waals surface area contributed by atoms with E-state index in [4.69, 9.17) is 4.84 Å². The molecule has 4 fully saturated rings. The number of aliphatic hydroxyl groups is 1. The van der Waals surface area contributed by atoms with Gasteiger partial charge in [-0.3, -0.25) is 4.84 Å².